The average Bonchev–Trinajstić information content (AvgIpc) is 3.25. The van der Waals surface area contributed by atoms with Crippen LogP contribution in [0.4, 0.5) is 13.2 Å². The van der Waals surface area contributed by atoms with Crippen molar-refractivity contribution in [2.24, 2.45) is 5.10 Å². The molecule has 9 nitrogen and oxygen atoms in total. The number of allylic oxidation sites excluding steroid dienone is 3. The number of aliphatic hydroxyl groups is 2. The molecular weight excluding hydrogens is 455 g/mol. The van der Waals surface area contributed by atoms with E-state index in [4.69, 9.17) is 9.84 Å². The van der Waals surface area contributed by atoms with Crippen LogP contribution >= 0.6 is 0 Å². The molecule has 34 heavy (non-hydrogen) atoms. The lowest BCUT2D eigenvalue weighted by molar-refractivity contribution is -0.137. The summed E-state index contributed by atoms with van der Waals surface area (Å²) in [5, 5.41) is 32.4. The number of ether oxygens (including phenoxy) is 1. The number of nitrogens with one attached hydrogen (secondary N) is 3. The summed E-state index contributed by atoms with van der Waals surface area (Å²) in [6, 6.07) is 5.11. The monoisotopic (exact) mass is 477 g/mol. The Kier molecular flexibility index (Phi) is 6.72. The standard InChI is InChI=1S/C22H22F3N5O4/c23-22(24,25)15-5-2-1-4-14(15)16-8-9-19-26-10-17(30(19)29-16)21(33)28-18-6-3-7-20(27-18)34-12-13(32)11-31/h1-10,13,19-20,26-27,31-32H,11-12H2,(H,28,33)/t13-,19?,20?/m0/s1. The molecule has 12 heteroatoms. The van der Waals surface area contributed by atoms with Crippen LogP contribution in [-0.2, 0) is 15.7 Å². The first-order valence-electron chi connectivity index (χ1n) is 10.3. The lowest BCUT2D eigenvalue weighted by atomic mass is 10.0. The van der Waals surface area contributed by atoms with Crippen molar-refractivity contribution in [2.45, 2.75) is 24.7 Å². The number of hydrazone groups is 1. The van der Waals surface area contributed by atoms with Crippen molar-refractivity contribution in [3.63, 3.8) is 0 Å². The van der Waals surface area contributed by atoms with Crippen LogP contribution in [0.2, 0.25) is 0 Å². The third-order valence-corrected chi connectivity index (χ3v) is 5.07. The van der Waals surface area contributed by atoms with Gasteiger partial charge in [-0.05, 0) is 30.4 Å². The predicted molar refractivity (Wildman–Crippen MR) is 115 cm³/mol. The minimum atomic E-state index is -4.55. The number of carbonyl (C=O) groups excluding carboxylic acids is 1. The molecule has 3 aliphatic rings. The third kappa shape index (κ3) is 5.14. The first-order chi connectivity index (χ1) is 16.3. The Morgan fingerprint density at radius 2 is 2.09 bits per heavy atom. The van der Waals surface area contributed by atoms with Gasteiger partial charge in [0.25, 0.3) is 5.91 Å². The number of alkyl halides is 3. The summed E-state index contributed by atoms with van der Waals surface area (Å²) in [6.45, 7) is -0.564. The van der Waals surface area contributed by atoms with Crippen molar-refractivity contribution in [2.75, 3.05) is 13.2 Å². The fraction of sp³-hybridized carbons (Fsp3) is 0.273. The zero-order valence-corrected chi connectivity index (χ0v) is 17.7. The van der Waals surface area contributed by atoms with Crippen LogP contribution in [-0.4, -0.2) is 58.6 Å². The Hall–Kier alpha value is -3.61. The molecule has 180 valence electrons. The fourth-order valence-electron chi connectivity index (χ4n) is 3.43. The smallest absolute Gasteiger partial charge is 0.394 e. The number of fused-ring (bicyclic) bond motifs is 1. The van der Waals surface area contributed by atoms with Crippen LogP contribution in [0, 0.1) is 0 Å². The quantitative estimate of drug-likeness (QED) is 0.396. The highest BCUT2D eigenvalue weighted by Crippen LogP contribution is 2.33. The molecule has 3 aliphatic heterocycles. The molecule has 0 spiro atoms. The molecule has 1 aromatic carbocycles. The molecule has 1 amide bonds. The number of dihydropyridines is 1. The van der Waals surface area contributed by atoms with Gasteiger partial charge in [0.1, 0.15) is 30.0 Å². The molecule has 0 aliphatic carbocycles. The van der Waals surface area contributed by atoms with Gasteiger partial charge in [0.05, 0.1) is 24.5 Å². The average molecular weight is 477 g/mol. The van der Waals surface area contributed by atoms with Gasteiger partial charge in [-0.2, -0.15) is 18.3 Å². The zero-order chi connectivity index (χ0) is 24.3. The number of aliphatic hydroxyl groups excluding tert-OH is 2. The summed E-state index contributed by atoms with van der Waals surface area (Å²) in [6.07, 6.45) is 2.64. The van der Waals surface area contributed by atoms with E-state index in [1.165, 1.54) is 35.5 Å². The van der Waals surface area contributed by atoms with E-state index in [0.29, 0.717) is 5.82 Å². The Morgan fingerprint density at radius 3 is 2.85 bits per heavy atom. The van der Waals surface area contributed by atoms with E-state index in [2.05, 4.69) is 21.1 Å². The summed E-state index contributed by atoms with van der Waals surface area (Å²) in [5.41, 5.74) is -0.745. The molecule has 3 heterocycles. The highest BCUT2D eigenvalue weighted by molar-refractivity contribution is 6.10. The normalized spacial score (nSPS) is 22.1. The Morgan fingerprint density at radius 1 is 1.29 bits per heavy atom. The third-order valence-electron chi connectivity index (χ3n) is 5.07. The van der Waals surface area contributed by atoms with Gasteiger partial charge in [-0.15, -0.1) is 0 Å². The van der Waals surface area contributed by atoms with E-state index in [1.807, 2.05) is 0 Å². The maximum Gasteiger partial charge on any atom is 0.417 e. The van der Waals surface area contributed by atoms with Gasteiger partial charge in [0, 0.05) is 11.8 Å². The molecule has 2 unspecified atom stereocenters. The number of nitrogens with zero attached hydrogens (tertiary/aromatic N) is 2. The summed E-state index contributed by atoms with van der Waals surface area (Å²) in [7, 11) is 0. The Balaban J connectivity index is 1.46. The molecular formula is C22H22F3N5O4. The number of hydrogen-bond acceptors (Lipinski definition) is 8. The van der Waals surface area contributed by atoms with Crippen molar-refractivity contribution in [1.29, 1.82) is 0 Å². The summed E-state index contributed by atoms with van der Waals surface area (Å²) in [5.74, 6) is -0.250. The van der Waals surface area contributed by atoms with Gasteiger partial charge in [0.2, 0.25) is 0 Å². The molecule has 0 aromatic heterocycles. The van der Waals surface area contributed by atoms with E-state index in [9.17, 15) is 23.1 Å². The van der Waals surface area contributed by atoms with E-state index in [0.717, 1.165) is 6.07 Å². The fourth-order valence-corrected chi connectivity index (χ4v) is 3.43. The van der Waals surface area contributed by atoms with Crippen LogP contribution in [0.1, 0.15) is 11.1 Å². The number of halogens is 3. The van der Waals surface area contributed by atoms with Gasteiger partial charge < -0.3 is 30.9 Å². The van der Waals surface area contributed by atoms with E-state index in [-0.39, 0.29) is 23.6 Å². The summed E-state index contributed by atoms with van der Waals surface area (Å²) in [4.78, 5) is 12.9. The van der Waals surface area contributed by atoms with Crippen molar-refractivity contribution in [1.82, 2.24) is 21.0 Å². The molecule has 0 radical (unpaired) electrons. The maximum absolute atomic E-state index is 13.5. The highest BCUT2D eigenvalue weighted by Gasteiger charge is 2.36. The van der Waals surface area contributed by atoms with Gasteiger partial charge in [-0.3, -0.25) is 4.79 Å². The molecule has 0 fully saturated rings. The topological polar surface area (TPSA) is 118 Å². The lowest BCUT2D eigenvalue weighted by Gasteiger charge is -2.27. The molecule has 0 bridgehead atoms. The number of benzene rings is 1. The highest BCUT2D eigenvalue weighted by atomic mass is 19.4. The zero-order valence-electron chi connectivity index (χ0n) is 17.7. The van der Waals surface area contributed by atoms with Gasteiger partial charge in [-0.25, -0.2) is 5.01 Å². The second-order valence-electron chi connectivity index (χ2n) is 7.53. The van der Waals surface area contributed by atoms with Crippen molar-refractivity contribution in [3.8, 4) is 0 Å². The number of rotatable bonds is 7. The van der Waals surface area contributed by atoms with E-state index >= 15 is 0 Å². The van der Waals surface area contributed by atoms with Gasteiger partial charge in [-0.1, -0.05) is 24.3 Å². The molecule has 5 N–H and O–H groups in total. The summed E-state index contributed by atoms with van der Waals surface area (Å²) < 4.78 is 45.8. The van der Waals surface area contributed by atoms with Gasteiger partial charge >= 0.3 is 6.18 Å². The number of hydrogen-bond donors (Lipinski definition) is 5. The van der Waals surface area contributed by atoms with Crippen LogP contribution < -0.4 is 16.0 Å². The second kappa shape index (κ2) is 9.71. The van der Waals surface area contributed by atoms with Crippen molar-refractivity contribution < 1.29 is 32.9 Å². The van der Waals surface area contributed by atoms with E-state index in [1.54, 1.807) is 24.3 Å². The van der Waals surface area contributed by atoms with E-state index < -0.39 is 42.8 Å². The van der Waals surface area contributed by atoms with Crippen molar-refractivity contribution in [3.05, 3.63) is 83.5 Å². The molecule has 3 atom stereocenters. The van der Waals surface area contributed by atoms with Crippen LogP contribution in [0.15, 0.2) is 77.5 Å². The molecule has 0 saturated carbocycles. The largest absolute Gasteiger partial charge is 0.417 e. The first-order valence-corrected chi connectivity index (χ1v) is 10.3. The Labute approximate surface area is 192 Å². The second-order valence-corrected chi connectivity index (χ2v) is 7.53. The van der Waals surface area contributed by atoms with Crippen LogP contribution in [0.25, 0.3) is 0 Å². The summed E-state index contributed by atoms with van der Waals surface area (Å²) >= 11 is 0. The predicted octanol–water partition coefficient (Wildman–Crippen LogP) is 0.865. The SMILES string of the molecule is O=C(NC1=CC=CC(OC[C@@H](O)CO)N1)C1=CNC2C=CC(c3ccccc3C(F)(F)F)=NN12. The molecule has 0 saturated heterocycles. The minimum Gasteiger partial charge on any atom is -0.394 e. The lowest BCUT2D eigenvalue weighted by Crippen LogP contribution is -2.43. The number of amides is 1. The maximum atomic E-state index is 13.5. The minimum absolute atomic E-state index is 0.0698. The first kappa shape index (κ1) is 23.5. The molecule has 4 rings (SSSR count). The number of carbonyl (C=O) groups is 1. The van der Waals surface area contributed by atoms with Crippen LogP contribution in [0.3, 0.4) is 0 Å². The Bertz CT molecular complexity index is 1100. The van der Waals surface area contributed by atoms with Crippen molar-refractivity contribution >= 4 is 11.6 Å². The van der Waals surface area contributed by atoms with Gasteiger partial charge in [0.15, 0.2) is 0 Å². The molecule has 1 aromatic rings. The van der Waals surface area contributed by atoms with Crippen LogP contribution in [0.5, 0.6) is 0 Å².